The van der Waals surface area contributed by atoms with Crippen molar-refractivity contribution in [1.82, 2.24) is 9.88 Å². The summed E-state index contributed by atoms with van der Waals surface area (Å²) < 4.78 is 5.48. The van der Waals surface area contributed by atoms with Crippen LogP contribution in [0, 0.1) is 0 Å². The Morgan fingerprint density at radius 3 is 3.12 bits per heavy atom. The molecule has 2 rings (SSSR count). The number of nitrogens with two attached hydrogens (primary N) is 1. The topological polar surface area (TPSA) is 51.4 Å². The zero-order chi connectivity index (χ0) is 11.4. The molecule has 1 aromatic heterocycles. The van der Waals surface area contributed by atoms with E-state index in [-0.39, 0.29) is 0 Å². The minimum Gasteiger partial charge on any atom is -0.384 e. The van der Waals surface area contributed by atoms with Gasteiger partial charge in [-0.05, 0) is 18.1 Å². The number of pyridine rings is 1. The minimum atomic E-state index is 0.534. The quantitative estimate of drug-likeness (QED) is 0.835. The number of anilines is 1. The highest BCUT2D eigenvalue weighted by molar-refractivity contribution is 5.29. The van der Waals surface area contributed by atoms with Crippen LogP contribution >= 0.6 is 0 Å². The number of nitrogen functional groups attached to an aromatic ring is 1. The third-order valence-corrected chi connectivity index (χ3v) is 3.05. The highest BCUT2D eigenvalue weighted by atomic mass is 16.5. The fourth-order valence-electron chi connectivity index (χ4n) is 2.04. The van der Waals surface area contributed by atoms with E-state index >= 15 is 0 Å². The number of rotatable bonds is 3. The van der Waals surface area contributed by atoms with Gasteiger partial charge in [0.2, 0.25) is 0 Å². The molecule has 1 fully saturated rings. The van der Waals surface area contributed by atoms with Crippen LogP contribution in [0.3, 0.4) is 0 Å². The Bertz CT molecular complexity index is 326. The van der Waals surface area contributed by atoms with Crippen LogP contribution in [0.5, 0.6) is 0 Å². The lowest BCUT2D eigenvalue weighted by molar-refractivity contribution is -0.0127. The standard InChI is InChI=1S/C12H19N3O/c1-2-11-9-16-6-5-15(11)8-10-3-4-12(13)14-7-10/h3-4,7,11H,2,5-6,8-9H2,1H3,(H2,13,14). The summed E-state index contributed by atoms with van der Waals surface area (Å²) in [5.41, 5.74) is 6.79. The second-order valence-electron chi connectivity index (χ2n) is 4.20. The molecule has 0 spiro atoms. The van der Waals surface area contributed by atoms with Gasteiger partial charge >= 0.3 is 0 Å². The molecule has 1 unspecified atom stereocenters. The number of aromatic nitrogens is 1. The van der Waals surface area contributed by atoms with E-state index in [1.54, 1.807) is 0 Å². The van der Waals surface area contributed by atoms with Gasteiger partial charge in [-0.15, -0.1) is 0 Å². The fraction of sp³-hybridized carbons (Fsp3) is 0.583. The zero-order valence-corrected chi connectivity index (χ0v) is 9.72. The Morgan fingerprint density at radius 1 is 1.56 bits per heavy atom. The van der Waals surface area contributed by atoms with Crippen LogP contribution < -0.4 is 5.73 Å². The van der Waals surface area contributed by atoms with Crippen LogP contribution in [0.15, 0.2) is 18.3 Å². The minimum absolute atomic E-state index is 0.534. The Balaban J connectivity index is 1.99. The van der Waals surface area contributed by atoms with Crippen molar-refractivity contribution in [3.8, 4) is 0 Å². The largest absolute Gasteiger partial charge is 0.384 e. The zero-order valence-electron chi connectivity index (χ0n) is 9.72. The number of nitrogens with zero attached hydrogens (tertiary/aromatic N) is 2. The maximum Gasteiger partial charge on any atom is 0.123 e. The van der Waals surface area contributed by atoms with Crippen molar-refractivity contribution in [2.24, 2.45) is 0 Å². The van der Waals surface area contributed by atoms with Crippen LogP contribution in [0.4, 0.5) is 5.82 Å². The Hall–Kier alpha value is -1.13. The number of hydrogen-bond acceptors (Lipinski definition) is 4. The van der Waals surface area contributed by atoms with Crippen molar-refractivity contribution < 1.29 is 4.74 Å². The highest BCUT2D eigenvalue weighted by Gasteiger charge is 2.21. The summed E-state index contributed by atoms with van der Waals surface area (Å²) in [6, 6.07) is 4.44. The molecule has 0 saturated carbocycles. The van der Waals surface area contributed by atoms with Gasteiger partial charge in [0.15, 0.2) is 0 Å². The molecule has 16 heavy (non-hydrogen) atoms. The Kier molecular flexibility index (Phi) is 3.74. The highest BCUT2D eigenvalue weighted by Crippen LogP contribution is 2.14. The van der Waals surface area contributed by atoms with Gasteiger partial charge in [-0.2, -0.15) is 0 Å². The second kappa shape index (κ2) is 5.27. The van der Waals surface area contributed by atoms with Crippen LogP contribution in [-0.2, 0) is 11.3 Å². The molecule has 0 radical (unpaired) electrons. The molecule has 0 bridgehead atoms. The van der Waals surface area contributed by atoms with E-state index in [1.807, 2.05) is 18.3 Å². The molecule has 4 heteroatoms. The summed E-state index contributed by atoms with van der Waals surface area (Å²) in [6.45, 7) is 5.82. The summed E-state index contributed by atoms with van der Waals surface area (Å²) in [7, 11) is 0. The lowest BCUT2D eigenvalue weighted by atomic mass is 10.1. The van der Waals surface area contributed by atoms with Gasteiger partial charge in [0, 0.05) is 25.3 Å². The average molecular weight is 221 g/mol. The van der Waals surface area contributed by atoms with Crippen molar-refractivity contribution in [2.45, 2.75) is 25.9 Å². The molecule has 2 N–H and O–H groups in total. The van der Waals surface area contributed by atoms with E-state index in [0.29, 0.717) is 11.9 Å². The van der Waals surface area contributed by atoms with E-state index < -0.39 is 0 Å². The molecule has 1 aliphatic rings. The van der Waals surface area contributed by atoms with Crippen LogP contribution in [0.25, 0.3) is 0 Å². The fourth-order valence-corrected chi connectivity index (χ4v) is 2.04. The number of ether oxygens (including phenoxy) is 1. The smallest absolute Gasteiger partial charge is 0.123 e. The number of morpholine rings is 1. The summed E-state index contributed by atoms with van der Waals surface area (Å²) in [5, 5.41) is 0. The molecule has 0 aliphatic carbocycles. The van der Waals surface area contributed by atoms with E-state index in [0.717, 1.165) is 32.7 Å². The number of hydrogen-bond donors (Lipinski definition) is 1. The molecular weight excluding hydrogens is 202 g/mol. The predicted molar refractivity (Wildman–Crippen MR) is 64.0 cm³/mol. The summed E-state index contributed by atoms with van der Waals surface area (Å²) in [4.78, 5) is 6.57. The van der Waals surface area contributed by atoms with Crippen molar-refractivity contribution >= 4 is 5.82 Å². The SMILES string of the molecule is CCC1COCCN1Cc1ccc(N)nc1. The Labute approximate surface area is 96.4 Å². The van der Waals surface area contributed by atoms with Gasteiger partial charge in [-0.1, -0.05) is 13.0 Å². The van der Waals surface area contributed by atoms with Crippen LogP contribution in [-0.4, -0.2) is 35.7 Å². The van der Waals surface area contributed by atoms with Crippen molar-refractivity contribution in [2.75, 3.05) is 25.5 Å². The second-order valence-corrected chi connectivity index (χ2v) is 4.20. The van der Waals surface area contributed by atoms with Crippen molar-refractivity contribution in [3.63, 3.8) is 0 Å². The first-order valence-corrected chi connectivity index (χ1v) is 5.82. The molecule has 88 valence electrons. The summed E-state index contributed by atoms with van der Waals surface area (Å²) in [5.74, 6) is 0.581. The molecule has 1 saturated heterocycles. The first-order valence-electron chi connectivity index (χ1n) is 5.82. The molecular formula is C12H19N3O. The summed E-state index contributed by atoms with van der Waals surface area (Å²) in [6.07, 6.45) is 2.99. The van der Waals surface area contributed by atoms with Gasteiger partial charge in [0.25, 0.3) is 0 Å². The van der Waals surface area contributed by atoms with Crippen molar-refractivity contribution in [1.29, 1.82) is 0 Å². The van der Waals surface area contributed by atoms with Crippen LogP contribution in [0.2, 0.25) is 0 Å². The normalized spacial score (nSPS) is 22.2. The molecule has 0 aromatic carbocycles. The maximum atomic E-state index is 5.57. The van der Waals surface area contributed by atoms with Gasteiger partial charge in [-0.25, -0.2) is 4.98 Å². The molecule has 0 amide bonds. The van der Waals surface area contributed by atoms with E-state index in [4.69, 9.17) is 10.5 Å². The van der Waals surface area contributed by atoms with E-state index in [1.165, 1.54) is 5.56 Å². The molecule has 1 aliphatic heterocycles. The lowest BCUT2D eigenvalue weighted by Gasteiger charge is -2.34. The van der Waals surface area contributed by atoms with Gasteiger partial charge in [-0.3, -0.25) is 4.90 Å². The predicted octanol–water partition coefficient (Wildman–Crippen LogP) is 1.27. The lowest BCUT2D eigenvalue weighted by Crippen LogP contribution is -2.44. The average Bonchev–Trinajstić information content (AvgIpc) is 2.33. The third-order valence-electron chi connectivity index (χ3n) is 3.05. The van der Waals surface area contributed by atoms with Crippen LogP contribution in [0.1, 0.15) is 18.9 Å². The van der Waals surface area contributed by atoms with E-state index in [2.05, 4.69) is 16.8 Å². The molecule has 4 nitrogen and oxygen atoms in total. The van der Waals surface area contributed by atoms with Crippen molar-refractivity contribution in [3.05, 3.63) is 23.9 Å². The van der Waals surface area contributed by atoms with Gasteiger partial charge in [0.05, 0.1) is 13.2 Å². The Morgan fingerprint density at radius 2 is 2.44 bits per heavy atom. The molecule has 1 atom stereocenters. The molecule has 1 aromatic rings. The monoisotopic (exact) mass is 221 g/mol. The van der Waals surface area contributed by atoms with Gasteiger partial charge < -0.3 is 10.5 Å². The first-order chi connectivity index (χ1) is 7.79. The van der Waals surface area contributed by atoms with E-state index in [9.17, 15) is 0 Å². The van der Waals surface area contributed by atoms with Gasteiger partial charge in [0.1, 0.15) is 5.82 Å². The third kappa shape index (κ3) is 2.71. The maximum absolute atomic E-state index is 5.57. The molecule has 2 heterocycles. The summed E-state index contributed by atoms with van der Waals surface area (Å²) >= 11 is 0. The first kappa shape index (κ1) is 11.4.